The van der Waals surface area contributed by atoms with Gasteiger partial charge in [-0.1, -0.05) is 50.1 Å². The number of carbonyl (C=O) groups is 1. The van der Waals surface area contributed by atoms with Gasteiger partial charge in [0.2, 0.25) is 0 Å². The molecule has 2 atom stereocenters. The lowest BCUT2D eigenvalue weighted by Gasteiger charge is -2.25. The summed E-state index contributed by atoms with van der Waals surface area (Å²) in [5.74, 6) is -0.0644. The normalized spacial score (nSPS) is 25.5. The number of alkyl halides is 2. The topological polar surface area (TPSA) is 63.6 Å². The van der Waals surface area contributed by atoms with Gasteiger partial charge in [0.15, 0.2) is 5.78 Å². The standard InChI is InChI=1S/C14H13Br2NO3S/c1-8-9(2)14(18)12(16)11(15)13(8)17-21(19,20)10-6-4-3-5-7-10/h3-7,11-12H,1-2H3/b17-13-. The van der Waals surface area contributed by atoms with Crippen LogP contribution >= 0.6 is 31.9 Å². The SMILES string of the molecule is CC1=C(C)/C(=N/S(=O)(=O)c2ccccc2)C(Br)C(Br)C1=O. The average molecular weight is 435 g/mol. The van der Waals surface area contributed by atoms with Gasteiger partial charge in [0.25, 0.3) is 10.0 Å². The number of sulfonamides is 1. The fourth-order valence-electron chi connectivity index (χ4n) is 1.96. The molecule has 0 saturated carbocycles. The maximum Gasteiger partial charge on any atom is 0.282 e. The van der Waals surface area contributed by atoms with Gasteiger partial charge in [-0.15, -0.1) is 0 Å². The third kappa shape index (κ3) is 3.19. The van der Waals surface area contributed by atoms with E-state index in [1.807, 2.05) is 0 Å². The van der Waals surface area contributed by atoms with Crippen LogP contribution in [-0.4, -0.2) is 29.6 Å². The number of ketones is 1. The first-order valence-electron chi connectivity index (χ1n) is 6.16. The van der Waals surface area contributed by atoms with Gasteiger partial charge >= 0.3 is 0 Å². The van der Waals surface area contributed by atoms with Gasteiger partial charge in [-0.05, 0) is 37.1 Å². The van der Waals surface area contributed by atoms with Crippen molar-refractivity contribution >= 4 is 53.4 Å². The Bertz CT molecular complexity index is 739. The lowest BCUT2D eigenvalue weighted by Crippen LogP contribution is -2.38. The third-order valence-corrected chi connectivity index (χ3v) is 7.27. The van der Waals surface area contributed by atoms with E-state index in [1.165, 1.54) is 12.1 Å². The van der Waals surface area contributed by atoms with Crippen LogP contribution < -0.4 is 0 Å². The van der Waals surface area contributed by atoms with Gasteiger partial charge in [0.05, 0.1) is 20.3 Å². The molecule has 0 bridgehead atoms. The summed E-state index contributed by atoms with van der Waals surface area (Å²) < 4.78 is 28.6. The molecule has 0 heterocycles. The van der Waals surface area contributed by atoms with E-state index in [0.717, 1.165) is 0 Å². The Morgan fingerprint density at radius 3 is 2.14 bits per heavy atom. The molecule has 1 aliphatic rings. The van der Waals surface area contributed by atoms with E-state index in [-0.39, 0.29) is 10.7 Å². The molecule has 4 nitrogen and oxygen atoms in total. The Kier molecular flexibility index (Phi) is 4.85. The molecule has 0 N–H and O–H groups in total. The summed E-state index contributed by atoms with van der Waals surface area (Å²) >= 11 is 6.64. The van der Waals surface area contributed by atoms with Crippen molar-refractivity contribution in [2.24, 2.45) is 4.40 Å². The highest BCUT2D eigenvalue weighted by molar-refractivity contribution is 9.12. The first-order chi connectivity index (χ1) is 9.75. The fourth-order valence-corrected chi connectivity index (χ4v) is 4.49. The minimum atomic E-state index is -3.80. The highest BCUT2D eigenvalue weighted by Crippen LogP contribution is 2.31. The van der Waals surface area contributed by atoms with Gasteiger partial charge < -0.3 is 0 Å². The quantitative estimate of drug-likeness (QED) is 0.671. The van der Waals surface area contributed by atoms with Crippen molar-refractivity contribution in [3.05, 3.63) is 41.5 Å². The van der Waals surface area contributed by atoms with Crippen LogP contribution in [0.5, 0.6) is 0 Å². The number of allylic oxidation sites excluding steroid dienone is 2. The Hall–Kier alpha value is -0.790. The number of hydrogen-bond acceptors (Lipinski definition) is 3. The zero-order valence-corrected chi connectivity index (χ0v) is 15.4. The number of carbonyl (C=O) groups excluding carboxylic acids is 1. The van der Waals surface area contributed by atoms with Crippen LogP contribution in [0, 0.1) is 0 Å². The van der Waals surface area contributed by atoms with E-state index in [4.69, 9.17) is 0 Å². The maximum atomic E-state index is 12.4. The molecule has 0 amide bonds. The highest BCUT2D eigenvalue weighted by atomic mass is 79.9. The van der Waals surface area contributed by atoms with E-state index in [2.05, 4.69) is 36.3 Å². The largest absolute Gasteiger partial charge is 0.293 e. The zero-order chi connectivity index (χ0) is 15.8. The second-order valence-electron chi connectivity index (χ2n) is 4.68. The van der Waals surface area contributed by atoms with Crippen LogP contribution in [0.1, 0.15) is 13.8 Å². The van der Waals surface area contributed by atoms with Crippen molar-refractivity contribution in [2.45, 2.75) is 28.4 Å². The molecule has 0 radical (unpaired) electrons. The lowest BCUT2D eigenvalue weighted by atomic mass is 9.91. The Labute approximate surface area is 140 Å². The molecule has 7 heteroatoms. The number of nitrogens with zero attached hydrogens (tertiary/aromatic N) is 1. The van der Waals surface area contributed by atoms with Gasteiger partial charge in [-0.3, -0.25) is 4.79 Å². The monoisotopic (exact) mass is 433 g/mol. The number of benzene rings is 1. The van der Waals surface area contributed by atoms with Crippen molar-refractivity contribution in [1.29, 1.82) is 0 Å². The first kappa shape index (κ1) is 16.6. The van der Waals surface area contributed by atoms with Gasteiger partial charge in [-0.25, -0.2) is 0 Å². The number of Topliss-reactive ketones (excluding diaryl/α,β-unsaturated/α-hetero) is 1. The summed E-state index contributed by atoms with van der Waals surface area (Å²) in [6.07, 6.45) is 0. The molecule has 2 rings (SSSR count). The average Bonchev–Trinajstić information content (AvgIpc) is 2.48. The molecule has 2 unspecified atom stereocenters. The van der Waals surface area contributed by atoms with Crippen LogP contribution in [0.2, 0.25) is 0 Å². The molecule has 1 aliphatic carbocycles. The molecule has 1 aromatic rings. The highest BCUT2D eigenvalue weighted by Gasteiger charge is 2.36. The van der Waals surface area contributed by atoms with Crippen LogP contribution in [0.25, 0.3) is 0 Å². The number of hydrogen-bond donors (Lipinski definition) is 0. The number of rotatable bonds is 2. The third-order valence-electron chi connectivity index (χ3n) is 3.34. The summed E-state index contributed by atoms with van der Waals surface area (Å²) in [5.41, 5.74) is 1.48. The van der Waals surface area contributed by atoms with Gasteiger partial charge in [0, 0.05) is 0 Å². The van der Waals surface area contributed by atoms with E-state index in [0.29, 0.717) is 16.9 Å². The lowest BCUT2D eigenvalue weighted by molar-refractivity contribution is -0.114. The smallest absolute Gasteiger partial charge is 0.282 e. The van der Waals surface area contributed by atoms with E-state index >= 15 is 0 Å². The Balaban J connectivity index is 2.57. The molecular weight excluding hydrogens is 422 g/mol. The Morgan fingerprint density at radius 2 is 1.57 bits per heavy atom. The second-order valence-corrected chi connectivity index (χ2v) is 8.26. The zero-order valence-electron chi connectivity index (χ0n) is 11.4. The maximum absolute atomic E-state index is 12.4. The minimum absolute atomic E-state index is 0.0644. The van der Waals surface area contributed by atoms with Crippen LogP contribution in [0.4, 0.5) is 0 Å². The predicted molar refractivity (Wildman–Crippen MR) is 89.9 cm³/mol. The van der Waals surface area contributed by atoms with Crippen molar-refractivity contribution in [3.8, 4) is 0 Å². The van der Waals surface area contributed by atoms with E-state index in [9.17, 15) is 13.2 Å². The molecule has 1 aromatic carbocycles. The predicted octanol–water partition coefficient (Wildman–Crippen LogP) is 3.26. The molecule has 112 valence electrons. The molecule has 0 saturated heterocycles. The first-order valence-corrected chi connectivity index (χ1v) is 9.43. The summed E-state index contributed by atoms with van der Waals surface area (Å²) in [5, 5.41) is 0. The fraction of sp³-hybridized carbons (Fsp3) is 0.286. The molecule has 0 aliphatic heterocycles. The van der Waals surface area contributed by atoms with E-state index < -0.39 is 19.7 Å². The van der Waals surface area contributed by atoms with Crippen molar-refractivity contribution < 1.29 is 13.2 Å². The molecule has 0 fully saturated rings. The van der Waals surface area contributed by atoms with E-state index in [1.54, 1.807) is 32.0 Å². The summed E-state index contributed by atoms with van der Waals surface area (Å²) in [6, 6.07) is 8.01. The van der Waals surface area contributed by atoms with Crippen molar-refractivity contribution in [3.63, 3.8) is 0 Å². The number of halogens is 2. The van der Waals surface area contributed by atoms with Crippen LogP contribution in [-0.2, 0) is 14.8 Å². The summed E-state index contributed by atoms with van der Waals surface area (Å²) in [4.78, 5) is 11.1. The van der Waals surface area contributed by atoms with Gasteiger partial charge in [0.1, 0.15) is 0 Å². The summed E-state index contributed by atoms with van der Waals surface area (Å²) in [7, 11) is -3.80. The Morgan fingerprint density at radius 1 is 1.00 bits per heavy atom. The van der Waals surface area contributed by atoms with Crippen LogP contribution in [0.15, 0.2) is 50.8 Å². The minimum Gasteiger partial charge on any atom is -0.293 e. The summed E-state index contributed by atoms with van der Waals surface area (Å²) in [6.45, 7) is 3.38. The second kappa shape index (κ2) is 6.14. The van der Waals surface area contributed by atoms with Gasteiger partial charge in [-0.2, -0.15) is 12.8 Å². The van der Waals surface area contributed by atoms with Crippen molar-refractivity contribution in [2.75, 3.05) is 0 Å². The molecule has 0 aromatic heterocycles. The molecular formula is C14H13Br2NO3S. The molecule has 0 spiro atoms. The van der Waals surface area contributed by atoms with Crippen LogP contribution in [0.3, 0.4) is 0 Å². The van der Waals surface area contributed by atoms with Crippen molar-refractivity contribution in [1.82, 2.24) is 0 Å². The molecule has 21 heavy (non-hydrogen) atoms.